The average molecular weight is 401 g/mol. The third-order valence-corrected chi connectivity index (χ3v) is 5.98. The quantitative estimate of drug-likeness (QED) is 0.686. The number of carbonyl (C=O) groups is 2. The lowest BCUT2D eigenvalue weighted by Crippen LogP contribution is -2.46. The molecule has 4 nitrogen and oxygen atoms in total. The summed E-state index contributed by atoms with van der Waals surface area (Å²) in [4.78, 5) is 27.5. The van der Waals surface area contributed by atoms with Gasteiger partial charge in [0.1, 0.15) is 0 Å². The van der Waals surface area contributed by atoms with Gasteiger partial charge in [-0.15, -0.1) is 0 Å². The number of nitrogens with zero attached hydrogens (tertiary/aromatic N) is 1. The zero-order valence-electron chi connectivity index (χ0n) is 17.4. The van der Waals surface area contributed by atoms with Crippen LogP contribution in [0.4, 0.5) is 0 Å². The van der Waals surface area contributed by atoms with Crippen molar-refractivity contribution < 1.29 is 9.59 Å². The van der Waals surface area contributed by atoms with Crippen molar-refractivity contribution in [2.75, 3.05) is 13.1 Å². The molecule has 1 aliphatic heterocycles. The van der Waals surface area contributed by atoms with Gasteiger partial charge in [0.15, 0.2) is 0 Å². The van der Waals surface area contributed by atoms with Crippen molar-refractivity contribution in [3.05, 3.63) is 83.9 Å². The number of piperidine rings is 1. The summed E-state index contributed by atoms with van der Waals surface area (Å²) in [5.41, 5.74) is 2.11. The van der Waals surface area contributed by atoms with E-state index in [1.165, 1.54) is 10.8 Å². The molecule has 4 rings (SSSR count). The van der Waals surface area contributed by atoms with E-state index < -0.39 is 0 Å². The summed E-state index contributed by atoms with van der Waals surface area (Å²) in [6.07, 6.45) is 2.08. The Morgan fingerprint density at radius 2 is 1.73 bits per heavy atom. The van der Waals surface area contributed by atoms with Crippen molar-refractivity contribution in [1.29, 1.82) is 0 Å². The minimum atomic E-state index is -0.152. The summed E-state index contributed by atoms with van der Waals surface area (Å²) in [7, 11) is 0. The Balaban J connectivity index is 1.37. The average Bonchev–Trinajstić information content (AvgIpc) is 2.79. The van der Waals surface area contributed by atoms with Gasteiger partial charge in [0.2, 0.25) is 11.8 Å². The number of rotatable bonds is 5. The molecule has 0 aliphatic carbocycles. The summed E-state index contributed by atoms with van der Waals surface area (Å²) in [5.74, 6) is -0.0180. The van der Waals surface area contributed by atoms with Gasteiger partial charge in [-0.25, -0.2) is 0 Å². The Bertz CT molecular complexity index is 1030. The topological polar surface area (TPSA) is 49.4 Å². The van der Waals surface area contributed by atoms with Crippen molar-refractivity contribution in [1.82, 2.24) is 10.2 Å². The first-order valence-corrected chi connectivity index (χ1v) is 10.7. The van der Waals surface area contributed by atoms with E-state index in [1.54, 1.807) is 0 Å². The summed E-state index contributed by atoms with van der Waals surface area (Å²) in [5, 5.41) is 5.53. The van der Waals surface area contributed by atoms with Crippen LogP contribution in [-0.2, 0) is 16.0 Å². The van der Waals surface area contributed by atoms with Crippen LogP contribution < -0.4 is 5.32 Å². The molecule has 2 atom stereocenters. The van der Waals surface area contributed by atoms with Crippen molar-refractivity contribution in [2.45, 2.75) is 32.2 Å². The number of hydrogen-bond donors (Lipinski definition) is 1. The summed E-state index contributed by atoms with van der Waals surface area (Å²) < 4.78 is 0. The highest BCUT2D eigenvalue weighted by Crippen LogP contribution is 2.22. The van der Waals surface area contributed by atoms with E-state index in [4.69, 9.17) is 0 Å². The van der Waals surface area contributed by atoms with Crippen LogP contribution in [0.3, 0.4) is 0 Å². The summed E-state index contributed by atoms with van der Waals surface area (Å²) in [6, 6.07) is 24.2. The van der Waals surface area contributed by atoms with Crippen molar-refractivity contribution in [2.24, 2.45) is 5.92 Å². The third-order valence-electron chi connectivity index (χ3n) is 5.98. The molecule has 0 aromatic heterocycles. The Morgan fingerprint density at radius 3 is 2.53 bits per heavy atom. The first-order valence-electron chi connectivity index (χ1n) is 10.7. The molecule has 30 heavy (non-hydrogen) atoms. The molecular weight excluding hydrogens is 372 g/mol. The maximum absolute atomic E-state index is 12.9. The normalized spacial score (nSPS) is 17.5. The molecule has 4 heteroatoms. The number of likely N-dealkylation sites (tertiary alicyclic amines) is 1. The van der Waals surface area contributed by atoms with Crippen LogP contribution in [0, 0.1) is 5.92 Å². The van der Waals surface area contributed by atoms with Crippen molar-refractivity contribution in [3.63, 3.8) is 0 Å². The van der Waals surface area contributed by atoms with Crippen LogP contribution in [0.15, 0.2) is 72.8 Å². The van der Waals surface area contributed by atoms with E-state index in [0.29, 0.717) is 13.0 Å². The molecule has 1 aliphatic rings. The number of nitrogens with one attached hydrogen (secondary N) is 1. The SMILES string of the molecule is C[C@H](NC(=O)[C@@H]1CCCN(C(=O)Cc2ccccc2)C1)c1ccc2ccccc2c1. The fourth-order valence-corrected chi connectivity index (χ4v) is 4.19. The Kier molecular flexibility index (Phi) is 6.12. The van der Waals surface area contributed by atoms with Gasteiger partial charge in [-0.1, -0.05) is 66.7 Å². The van der Waals surface area contributed by atoms with Gasteiger partial charge in [0, 0.05) is 13.1 Å². The maximum Gasteiger partial charge on any atom is 0.227 e. The maximum atomic E-state index is 12.9. The number of benzene rings is 3. The molecule has 3 aromatic rings. The second-order valence-electron chi connectivity index (χ2n) is 8.18. The minimum Gasteiger partial charge on any atom is -0.349 e. The predicted molar refractivity (Wildman–Crippen MR) is 120 cm³/mol. The lowest BCUT2D eigenvalue weighted by molar-refractivity contribution is -0.135. The van der Waals surface area contributed by atoms with E-state index in [1.807, 2.05) is 54.3 Å². The molecule has 2 amide bonds. The molecule has 1 heterocycles. The second-order valence-corrected chi connectivity index (χ2v) is 8.18. The van der Waals surface area contributed by atoms with Gasteiger partial charge in [-0.3, -0.25) is 9.59 Å². The number of amides is 2. The Hall–Kier alpha value is -3.14. The summed E-state index contributed by atoms with van der Waals surface area (Å²) in [6.45, 7) is 3.25. The van der Waals surface area contributed by atoms with E-state index in [0.717, 1.165) is 30.5 Å². The van der Waals surface area contributed by atoms with Crippen LogP contribution >= 0.6 is 0 Å². The van der Waals surface area contributed by atoms with Crippen molar-refractivity contribution in [3.8, 4) is 0 Å². The van der Waals surface area contributed by atoms with Gasteiger partial charge >= 0.3 is 0 Å². The molecule has 3 aromatic carbocycles. The zero-order chi connectivity index (χ0) is 20.9. The zero-order valence-corrected chi connectivity index (χ0v) is 17.4. The molecule has 1 saturated heterocycles. The van der Waals surface area contributed by atoms with E-state index in [9.17, 15) is 9.59 Å². The second kappa shape index (κ2) is 9.12. The molecule has 0 saturated carbocycles. The molecule has 0 radical (unpaired) electrons. The van der Waals surface area contributed by atoms with Crippen LogP contribution in [-0.4, -0.2) is 29.8 Å². The third kappa shape index (κ3) is 4.70. The molecule has 154 valence electrons. The highest BCUT2D eigenvalue weighted by atomic mass is 16.2. The van der Waals surface area contributed by atoms with Gasteiger partial charge in [0.05, 0.1) is 18.4 Å². The fourth-order valence-electron chi connectivity index (χ4n) is 4.19. The first-order chi connectivity index (χ1) is 14.6. The van der Waals surface area contributed by atoms with Crippen LogP contribution in [0.5, 0.6) is 0 Å². The highest BCUT2D eigenvalue weighted by Gasteiger charge is 2.29. The Labute approximate surface area is 177 Å². The minimum absolute atomic E-state index is 0.0351. The fraction of sp³-hybridized carbons (Fsp3) is 0.308. The molecular formula is C26H28N2O2. The largest absolute Gasteiger partial charge is 0.349 e. The first kappa shape index (κ1) is 20.1. The van der Waals surface area contributed by atoms with Gasteiger partial charge < -0.3 is 10.2 Å². The predicted octanol–water partition coefficient (Wildman–Crippen LogP) is 4.50. The monoisotopic (exact) mass is 400 g/mol. The Morgan fingerprint density at radius 1 is 1.00 bits per heavy atom. The standard InChI is InChI=1S/C26H28N2O2/c1-19(22-14-13-21-10-5-6-11-23(21)17-22)27-26(30)24-12-7-15-28(18-24)25(29)16-20-8-3-2-4-9-20/h2-6,8-11,13-14,17,19,24H,7,12,15-16,18H2,1H3,(H,27,30)/t19-,24+/m0/s1. The van der Waals surface area contributed by atoms with Crippen LogP contribution in [0.1, 0.15) is 36.9 Å². The lowest BCUT2D eigenvalue weighted by Gasteiger charge is -2.33. The number of hydrogen-bond acceptors (Lipinski definition) is 2. The van der Waals surface area contributed by atoms with Gasteiger partial charge in [-0.05, 0) is 47.7 Å². The van der Waals surface area contributed by atoms with Gasteiger partial charge in [0.25, 0.3) is 0 Å². The molecule has 1 N–H and O–H groups in total. The van der Waals surface area contributed by atoms with E-state index in [2.05, 4.69) is 35.6 Å². The lowest BCUT2D eigenvalue weighted by atomic mass is 9.95. The highest BCUT2D eigenvalue weighted by molar-refractivity contribution is 5.84. The molecule has 0 spiro atoms. The van der Waals surface area contributed by atoms with E-state index >= 15 is 0 Å². The van der Waals surface area contributed by atoms with Crippen LogP contribution in [0.25, 0.3) is 10.8 Å². The van der Waals surface area contributed by atoms with Crippen molar-refractivity contribution >= 4 is 22.6 Å². The smallest absolute Gasteiger partial charge is 0.227 e. The molecule has 0 bridgehead atoms. The number of carbonyl (C=O) groups excluding carboxylic acids is 2. The van der Waals surface area contributed by atoms with E-state index in [-0.39, 0.29) is 23.8 Å². The summed E-state index contributed by atoms with van der Waals surface area (Å²) >= 11 is 0. The number of fused-ring (bicyclic) bond motifs is 1. The molecule has 1 fully saturated rings. The molecule has 0 unspecified atom stereocenters. The van der Waals surface area contributed by atoms with Crippen LogP contribution in [0.2, 0.25) is 0 Å². The van der Waals surface area contributed by atoms with Gasteiger partial charge in [-0.2, -0.15) is 0 Å².